The zero-order valence-electron chi connectivity index (χ0n) is 17.7. The number of hydrogen-bond donors (Lipinski definition) is 1. The minimum absolute atomic E-state index is 0.0222. The molecule has 4 aromatic rings. The highest BCUT2D eigenvalue weighted by molar-refractivity contribution is 8.00. The number of hydrogen-bond acceptors (Lipinski definition) is 8. The molecule has 0 radical (unpaired) electrons. The Morgan fingerprint density at radius 1 is 1.15 bits per heavy atom. The lowest BCUT2D eigenvalue weighted by Crippen LogP contribution is -2.16. The maximum Gasteiger partial charge on any atom is 0.446 e. The van der Waals surface area contributed by atoms with Gasteiger partial charge in [0.2, 0.25) is 0 Å². The van der Waals surface area contributed by atoms with E-state index in [1.54, 1.807) is 12.3 Å². The van der Waals surface area contributed by atoms with Crippen molar-refractivity contribution >= 4 is 38.6 Å². The largest absolute Gasteiger partial charge is 0.495 e. The average molecular weight is 515 g/mol. The first kappa shape index (κ1) is 23.8. The molecule has 180 valence electrons. The molecule has 0 bridgehead atoms. The summed E-state index contributed by atoms with van der Waals surface area (Å²) in [7, 11) is -1.85. The normalized spacial score (nSPS) is 12.1. The summed E-state index contributed by atoms with van der Waals surface area (Å²) < 4.78 is 85.6. The number of alkyl halides is 3. The molecule has 0 unspecified atom stereocenters. The summed E-state index contributed by atoms with van der Waals surface area (Å²) >= 11 is -0.401. The van der Waals surface area contributed by atoms with Crippen molar-refractivity contribution in [3.8, 4) is 11.5 Å². The van der Waals surface area contributed by atoms with Crippen molar-refractivity contribution in [3.63, 3.8) is 0 Å². The predicted octanol–water partition coefficient (Wildman–Crippen LogP) is 4.50. The van der Waals surface area contributed by atoms with Crippen LogP contribution in [0.1, 0.15) is 5.56 Å². The molecular weight excluding hydrogens is 497 g/mol. The number of anilines is 1. The van der Waals surface area contributed by atoms with E-state index >= 15 is 0 Å². The van der Waals surface area contributed by atoms with Gasteiger partial charge in [0.1, 0.15) is 11.5 Å². The van der Waals surface area contributed by atoms with Crippen LogP contribution in [-0.4, -0.2) is 43.1 Å². The van der Waals surface area contributed by atoms with E-state index in [4.69, 9.17) is 14.0 Å². The van der Waals surface area contributed by atoms with Crippen molar-refractivity contribution < 1.29 is 35.6 Å². The number of methoxy groups -OCH3 is 2. The fraction of sp³-hybridized carbons (Fsp3) is 0.200. The minimum atomic E-state index is -4.64. The van der Waals surface area contributed by atoms with Crippen LogP contribution in [0.5, 0.6) is 11.5 Å². The van der Waals surface area contributed by atoms with Gasteiger partial charge in [-0.25, -0.2) is 8.42 Å². The van der Waals surface area contributed by atoms with Gasteiger partial charge in [0.25, 0.3) is 10.0 Å². The number of nitrogens with zero attached hydrogens (tertiary/aromatic N) is 3. The summed E-state index contributed by atoms with van der Waals surface area (Å²) in [5, 5.41) is 7.60. The first-order valence-corrected chi connectivity index (χ1v) is 11.8. The molecule has 0 aliphatic rings. The second kappa shape index (κ2) is 9.10. The predicted molar refractivity (Wildman–Crippen MR) is 118 cm³/mol. The summed E-state index contributed by atoms with van der Waals surface area (Å²) in [5.74, 6) is -0.447. The first-order chi connectivity index (χ1) is 16.1. The molecule has 0 saturated carbocycles. The number of benzene rings is 2. The fourth-order valence-corrected chi connectivity index (χ4v) is 5.38. The van der Waals surface area contributed by atoms with Crippen LogP contribution in [0.3, 0.4) is 0 Å². The zero-order valence-corrected chi connectivity index (χ0v) is 19.3. The lowest BCUT2D eigenvalue weighted by Gasteiger charge is -2.14. The average Bonchev–Trinajstić information content (AvgIpc) is 3.42. The van der Waals surface area contributed by atoms with Gasteiger partial charge in [-0.1, -0.05) is 11.2 Å². The van der Waals surface area contributed by atoms with E-state index in [2.05, 4.69) is 15.0 Å². The zero-order chi connectivity index (χ0) is 24.5. The lowest BCUT2D eigenvalue weighted by atomic mass is 10.1. The van der Waals surface area contributed by atoms with Gasteiger partial charge in [-0.2, -0.15) is 18.3 Å². The highest BCUT2D eigenvalue weighted by atomic mass is 32.2. The molecule has 1 N–H and O–H groups in total. The highest BCUT2D eigenvalue weighted by Crippen LogP contribution is 2.44. The van der Waals surface area contributed by atoms with Crippen LogP contribution in [0.15, 0.2) is 63.1 Å². The maximum atomic E-state index is 13.3. The first-order valence-electron chi connectivity index (χ1n) is 9.50. The number of ether oxygens (including phenoxy) is 2. The molecule has 0 spiro atoms. The summed E-state index contributed by atoms with van der Waals surface area (Å²) in [5.41, 5.74) is -4.21. The highest BCUT2D eigenvalue weighted by Gasteiger charge is 2.33. The third kappa shape index (κ3) is 4.92. The second-order valence-electron chi connectivity index (χ2n) is 6.85. The molecule has 2 heterocycles. The van der Waals surface area contributed by atoms with E-state index in [0.29, 0.717) is 5.56 Å². The fourth-order valence-electron chi connectivity index (χ4n) is 3.30. The number of aromatic nitrogens is 3. The van der Waals surface area contributed by atoms with Crippen molar-refractivity contribution in [2.75, 3.05) is 18.9 Å². The Labute approximate surface area is 195 Å². The van der Waals surface area contributed by atoms with Gasteiger partial charge in [0, 0.05) is 17.3 Å². The van der Waals surface area contributed by atoms with Gasteiger partial charge in [0.05, 0.1) is 26.2 Å². The SMILES string of the molecule is COc1cccc(OC)c1S(=O)(=O)Nc1noc2cc(Cn3cccn3)cc(SC(F)(F)F)c12. The Morgan fingerprint density at radius 3 is 2.44 bits per heavy atom. The Balaban J connectivity index is 1.81. The Morgan fingerprint density at radius 2 is 1.85 bits per heavy atom. The van der Waals surface area contributed by atoms with Crippen LogP contribution in [0.2, 0.25) is 0 Å². The van der Waals surface area contributed by atoms with Gasteiger partial charge >= 0.3 is 5.51 Å². The van der Waals surface area contributed by atoms with Crippen molar-refractivity contribution in [1.29, 1.82) is 0 Å². The van der Waals surface area contributed by atoms with E-state index in [0.717, 1.165) is 0 Å². The number of fused-ring (bicyclic) bond motifs is 1. The van der Waals surface area contributed by atoms with Gasteiger partial charge in [-0.3, -0.25) is 9.40 Å². The molecule has 0 aliphatic carbocycles. The van der Waals surface area contributed by atoms with Crippen molar-refractivity contribution in [1.82, 2.24) is 14.9 Å². The van der Waals surface area contributed by atoms with Gasteiger partial charge in [-0.15, -0.1) is 0 Å². The number of nitrogens with one attached hydrogen (secondary N) is 1. The molecule has 9 nitrogen and oxygen atoms in total. The van der Waals surface area contributed by atoms with Crippen molar-refractivity contribution in [2.24, 2.45) is 0 Å². The third-order valence-corrected chi connectivity index (χ3v) is 6.78. The molecule has 0 fully saturated rings. The molecule has 14 heteroatoms. The third-order valence-electron chi connectivity index (χ3n) is 4.61. The molecule has 2 aromatic heterocycles. The number of sulfonamides is 1. The van der Waals surface area contributed by atoms with Crippen LogP contribution >= 0.6 is 11.8 Å². The minimum Gasteiger partial charge on any atom is -0.495 e. The van der Waals surface area contributed by atoms with E-state index in [1.165, 1.54) is 55.4 Å². The van der Waals surface area contributed by atoms with Crippen LogP contribution in [-0.2, 0) is 16.6 Å². The van der Waals surface area contributed by atoms with E-state index in [9.17, 15) is 21.6 Å². The molecule has 0 aliphatic heterocycles. The molecule has 0 amide bonds. The van der Waals surface area contributed by atoms with Gasteiger partial charge in [0.15, 0.2) is 16.3 Å². The lowest BCUT2D eigenvalue weighted by molar-refractivity contribution is -0.0327. The van der Waals surface area contributed by atoms with Crippen LogP contribution in [0.4, 0.5) is 19.0 Å². The van der Waals surface area contributed by atoms with E-state index in [-0.39, 0.29) is 38.8 Å². The summed E-state index contributed by atoms with van der Waals surface area (Å²) in [6.45, 7) is 0.175. The maximum absolute atomic E-state index is 13.3. The van der Waals surface area contributed by atoms with Gasteiger partial charge in [-0.05, 0) is 47.7 Å². The number of halogens is 3. The molecule has 0 saturated heterocycles. The van der Waals surface area contributed by atoms with Gasteiger partial charge < -0.3 is 14.0 Å². The summed E-state index contributed by atoms with van der Waals surface area (Å²) in [6, 6.07) is 8.79. The summed E-state index contributed by atoms with van der Waals surface area (Å²) in [6.07, 6.45) is 3.19. The molecule has 0 atom stereocenters. The Kier molecular flexibility index (Phi) is 6.36. The second-order valence-corrected chi connectivity index (χ2v) is 9.57. The molecule has 2 aromatic carbocycles. The quantitative estimate of drug-likeness (QED) is 0.343. The van der Waals surface area contributed by atoms with E-state index < -0.39 is 33.1 Å². The van der Waals surface area contributed by atoms with Crippen LogP contribution in [0.25, 0.3) is 11.0 Å². The van der Waals surface area contributed by atoms with Crippen molar-refractivity contribution in [2.45, 2.75) is 21.8 Å². The number of thioether (sulfide) groups is 1. The topological polar surface area (TPSA) is 108 Å². The number of rotatable bonds is 8. The Bertz CT molecular complexity index is 1400. The smallest absolute Gasteiger partial charge is 0.446 e. The Hall–Kier alpha value is -3.39. The monoisotopic (exact) mass is 514 g/mol. The summed E-state index contributed by atoms with van der Waals surface area (Å²) in [4.78, 5) is -0.616. The standard InChI is InChI=1S/C20H17F3N4O5S2/c1-30-13-5-3-6-14(31-2)18(13)34(28,29)26-19-17-15(32-25-19)9-12(11-27-8-4-7-24-27)10-16(17)33-20(21,22)23/h3-10H,11H2,1-2H3,(H,25,26). The van der Waals surface area contributed by atoms with Crippen LogP contribution in [0, 0.1) is 0 Å². The van der Waals surface area contributed by atoms with Crippen LogP contribution < -0.4 is 14.2 Å². The van der Waals surface area contributed by atoms with Crippen molar-refractivity contribution in [3.05, 3.63) is 54.4 Å². The van der Waals surface area contributed by atoms with E-state index in [1.807, 2.05) is 0 Å². The molecule has 4 rings (SSSR count). The molecular formula is C20H17F3N4O5S2. The molecule has 34 heavy (non-hydrogen) atoms.